The fourth-order valence-electron chi connectivity index (χ4n) is 7.26. The highest BCUT2D eigenvalue weighted by Crippen LogP contribution is 2.38. The van der Waals surface area contributed by atoms with E-state index in [4.69, 9.17) is 0 Å². The van der Waals surface area contributed by atoms with Crippen LogP contribution in [0.4, 0.5) is 28.4 Å². The molecule has 0 amide bonds. The van der Waals surface area contributed by atoms with Crippen LogP contribution in [0, 0.1) is 0 Å². The summed E-state index contributed by atoms with van der Waals surface area (Å²) < 4.78 is 0. The lowest BCUT2D eigenvalue weighted by atomic mass is 9.93. The fourth-order valence-corrected chi connectivity index (χ4v) is 7.26. The Labute approximate surface area is 319 Å². The van der Waals surface area contributed by atoms with E-state index in [1.807, 2.05) is 18.2 Å². The molecule has 7 aromatic rings. The maximum Gasteiger partial charge on any atom is 0.0462 e. The Morgan fingerprint density at radius 3 is 1.43 bits per heavy atom. The summed E-state index contributed by atoms with van der Waals surface area (Å²) in [6.45, 7) is 4.17. The van der Waals surface area contributed by atoms with Crippen LogP contribution in [0.5, 0.6) is 0 Å². The van der Waals surface area contributed by atoms with Crippen molar-refractivity contribution in [1.29, 1.82) is 0 Å². The van der Waals surface area contributed by atoms with Crippen LogP contribution in [0.25, 0.3) is 40.5 Å². The van der Waals surface area contributed by atoms with Crippen LogP contribution in [0.1, 0.15) is 31.2 Å². The van der Waals surface area contributed by atoms with Gasteiger partial charge < -0.3 is 9.80 Å². The van der Waals surface area contributed by atoms with E-state index in [0.29, 0.717) is 0 Å². The van der Waals surface area contributed by atoms with Crippen molar-refractivity contribution in [2.45, 2.75) is 25.7 Å². The molecule has 54 heavy (non-hydrogen) atoms. The number of hydrogen-bond acceptors (Lipinski definition) is 2. The highest BCUT2D eigenvalue weighted by atomic mass is 15.1. The van der Waals surface area contributed by atoms with Crippen molar-refractivity contribution in [2.24, 2.45) is 0 Å². The molecule has 1 aliphatic carbocycles. The van der Waals surface area contributed by atoms with Gasteiger partial charge in [0.2, 0.25) is 0 Å². The van der Waals surface area contributed by atoms with E-state index in [1.165, 1.54) is 52.7 Å². The van der Waals surface area contributed by atoms with Crippen LogP contribution in [-0.2, 0) is 0 Å². The van der Waals surface area contributed by atoms with Gasteiger partial charge in [-0.25, -0.2) is 0 Å². The molecule has 0 spiro atoms. The molecule has 0 bridgehead atoms. The molecule has 2 heteroatoms. The SMILES string of the molecule is C=c1cccc/c1=C/C=C\N(c1ccccc1)c1ccc(-c2ccc(N(c3ccc(C4=CCCCC4)cc3)c3ccc(-c4ccccc4)cc3)cc2)cc1. The maximum absolute atomic E-state index is 4.17. The predicted molar refractivity (Wildman–Crippen MR) is 232 cm³/mol. The summed E-state index contributed by atoms with van der Waals surface area (Å²) in [5.41, 5.74) is 13.2. The van der Waals surface area contributed by atoms with Crippen molar-refractivity contribution in [3.63, 3.8) is 0 Å². The zero-order valence-electron chi connectivity index (χ0n) is 30.6. The van der Waals surface area contributed by atoms with Gasteiger partial charge in [0, 0.05) is 34.6 Å². The van der Waals surface area contributed by atoms with Crippen molar-refractivity contribution >= 4 is 46.7 Å². The zero-order valence-corrected chi connectivity index (χ0v) is 30.6. The van der Waals surface area contributed by atoms with Gasteiger partial charge in [0.25, 0.3) is 0 Å². The molecule has 1 aliphatic rings. The Morgan fingerprint density at radius 2 is 0.889 bits per heavy atom. The third-order valence-corrected chi connectivity index (χ3v) is 10.2. The number of allylic oxidation sites excluding steroid dienone is 3. The number of anilines is 5. The Bertz CT molecular complexity index is 2460. The molecule has 0 saturated heterocycles. The molecule has 262 valence electrons. The van der Waals surface area contributed by atoms with Crippen LogP contribution in [0.2, 0.25) is 0 Å². The molecule has 0 saturated carbocycles. The minimum absolute atomic E-state index is 1.01. The monoisotopic (exact) mass is 696 g/mol. The van der Waals surface area contributed by atoms with Crippen LogP contribution in [0.3, 0.4) is 0 Å². The highest BCUT2D eigenvalue weighted by Gasteiger charge is 2.15. The van der Waals surface area contributed by atoms with Gasteiger partial charge in [-0.2, -0.15) is 0 Å². The molecule has 0 aromatic heterocycles. The molecule has 0 unspecified atom stereocenters. The molecular formula is C52H44N2. The first-order valence-electron chi connectivity index (χ1n) is 18.9. The standard InChI is InChI=1S/C52H44N2/c1-40-14-11-12-15-41(40)20-13-39-53(48-21-9-4-10-22-48)49-31-23-46(24-32-49)47-29-37-52(38-30-47)54(50-33-25-44(26-34-50)42-16-5-2-6-17-42)51-35-27-45(28-36-51)43-18-7-3-8-19-43/h2,4-6,9-18,20-39H,1,3,7-8,19H2/b39-13-,41-20-. The van der Waals surface area contributed by atoms with Crippen molar-refractivity contribution < 1.29 is 0 Å². The lowest BCUT2D eigenvalue weighted by Gasteiger charge is -2.26. The second-order valence-corrected chi connectivity index (χ2v) is 13.8. The summed E-state index contributed by atoms with van der Waals surface area (Å²) in [7, 11) is 0. The number of nitrogens with zero attached hydrogens (tertiary/aromatic N) is 2. The van der Waals surface area contributed by atoms with Gasteiger partial charge in [-0.3, -0.25) is 0 Å². The highest BCUT2D eigenvalue weighted by molar-refractivity contribution is 5.81. The second-order valence-electron chi connectivity index (χ2n) is 13.8. The van der Waals surface area contributed by atoms with E-state index >= 15 is 0 Å². The van der Waals surface area contributed by atoms with Crippen LogP contribution in [0.15, 0.2) is 200 Å². The molecule has 0 N–H and O–H groups in total. The van der Waals surface area contributed by atoms with Crippen molar-refractivity contribution in [2.75, 3.05) is 9.80 Å². The number of benzene rings is 7. The number of rotatable bonds is 10. The predicted octanol–water partition coefficient (Wildman–Crippen LogP) is 13.0. The average molecular weight is 697 g/mol. The van der Waals surface area contributed by atoms with Crippen LogP contribution >= 0.6 is 0 Å². The van der Waals surface area contributed by atoms with Gasteiger partial charge in [-0.15, -0.1) is 0 Å². The first-order chi connectivity index (χ1) is 26.7. The van der Waals surface area contributed by atoms with Gasteiger partial charge in [0.05, 0.1) is 0 Å². The Morgan fingerprint density at radius 1 is 0.426 bits per heavy atom. The minimum Gasteiger partial charge on any atom is -0.317 e. The molecule has 0 atom stereocenters. The summed E-state index contributed by atoms with van der Waals surface area (Å²) >= 11 is 0. The fraction of sp³-hybridized carbons (Fsp3) is 0.0769. The summed E-state index contributed by atoms with van der Waals surface area (Å²) in [4.78, 5) is 4.57. The maximum atomic E-state index is 4.17. The van der Waals surface area contributed by atoms with Crippen molar-refractivity contribution in [1.82, 2.24) is 0 Å². The van der Waals surface area contributed by atoms with Crippen LogP contribution in [-0.4, -0.2) is 0 Å². The molecule has 0 radical (unpaired) electrons. The lowest BCUT2D eigenvalue weighted by Crippen LogP contribution is -2.21. The molecule has 0 aliphatic heterocycles. The third kappa shape index (κ3) is 7.89. The first-order valence-corrected chi connectivity index (χ1v) is 18.9. The van der Waals surface area contributed by atoms with Gasteiger partial charge >= 0.3 is 0 Å². The van der Waals surface area contributed by atoms with Gasteiger partial charge in [-0.05, 0) is 136 Å². The topological polar surface area (TPSA) is 6.48 Å². The minimum atomic E-state index is 1.01. The number of hydrogen-bond donors (Lipinski definition) is 0. The summed E-state index contributed by atoms with van der Waals surface area (Å²) in [6, 6.07) is 65.0. The summed E-state index contributed by atoms with van der Waals surface area (Å²) in [5.74, 6) is 0. The molecular weight excluding hydrogens is 653 g/mol. The molecule has 7 aromatic carbocycles. The Hall–Kier alpha value is -6.64. The Balaban J connectivity index is 1.08. The van der Waals surface area contributed by atoms with Crippen molar-refractivity contribution in [3.8, 4) is 22.3 Å². The normalized spacial score (nSPS) is 13.1. The average Bonchev–Trinajstić information content (AvgIpc) is 3.25. The van der Waals surface area contributed by atoms with Crippen LogP contribution < -0.4 is 20.2 Å². The van der Waals surface area contributed by atoms with E-state index < -0.39 is 0 Å². The Kier molecular flexibility index (Phi) is 10.4. The van der Waals surface area contributed by atoms with E-state index in [9.17, 15) is 0 Å². The quantitative estimate of drug-likeness (QED) is 0.140. The van der Waals surface area contributed by atoms with Gasteiger partial charge in [-0.1, -0.05) is 140 Å². The molecule has 0 fully saturated rings. The first kappa shape index (κ1) is 34.4. The smallest absolute Gasteiger partial charge is 0.0462 e. The van der Waals surface area contributed by atoms with Gasteiger partial charge in [0.1, 0.15) is 0 Å². The van der Waals surface area contributed by atoms with Gasteiger partial charge in [0.15, 0.2) is 0 Å². The van der Waals surface area contributed by atoms with E-state index in [-0.39, 0.29) is 0 Å². The van der Waals surface area contributed by atoms with E-state index in [1.54, 1.807) is 0 Å². The largest absolute Gasteiger partial charge is 0.317 e. The molecule has 8 rings (SSSR count). The summed E-state index contributed by atoms with van der Waals surface area (Å²) in [5, 5.41) is 2.12. The molecule has 0 heterocycles. The number of para-hydroxylation sites is 1. The lowest BCUT2D eigenvalue weighted by molar-refractivity contribution is 0.742. The molecule has 2 nitrogen and oxygen atoms in total. The second kappa shape index (κ2) is 16.4. The summed E-state index contributed by atoms with van der Waals surface area (Å²) in [6.07, 6.45) is 13.6. The van der Waals surface area contributed by atoms with E-state index in [2.05, 4.69) is 205 Å². The third-order valence-electron chi connectivity index (χ3n) is 10.2. The van der Waals surface area contributed by atoms with Crippen molar-refractivity contribution in [3.05, 3.63) is 216 Å². The van der Waals surface area contributed by atoms with E-state index in [0.717, 1.165) is 45.3 Å². The zero-order chi connectivity index (χ0) is 36.5.